The number of nitrogens with zero attached hydrogens (tertiary/aromatic N) is 1. The fraction of sp³-hybridized carbons (Fsp3) is 0.0952. The standard InChI is InChI=1S/C21H17NO6S2/c23-29(24,25)12-14-6-8-17-18(10-14)19-11-15(13-30(26,27)28)7-9-20(19)22-21(17)16-4-2-1-3-5-16/h1-11H,12-13H2,(H,23,24,25)(H,26,27,28)/p-2. The van der Waals surface area contributed by atoms with E-state index in [9.17, 15) is 25.9 Å². The van der Waals surface area contributed by atoms with Gasteiger partial charge >= 0.3 is 0 Å². The highest BCUT2D eigenvalue weighted by Gasteiger charge is 2.13. The summed E-state index contributed by atoms with van der Waals surface area (Å²) >= 11 is 0. The van der Waals surface area contributed by atoms with Gasteiger partial charge in [-0.25, -0.2) is 21.8 Å². The minimum atomic E-state index is -4.48. The SMILES string of the molecule is O=S(=O)([O-])Cc1ccc2nc(-c3ccccc3)c3ccc(CS(=O)(=O)[O-])cc3c2c1. The van der Waals surface area contributed by atoms with Crippen LogP contribution >= 0.6 is 0 Å². The lowest BCUT2D eigenvalue weighted by Crippen LogP contribution is -2.03. The maximum Gasteiger partial charge on any atom is 0.0988 e. The summed E-state index contributed by atoms with van der Waals surface area (Å²) < 4.78 is 67.2. The van der Waals surface area contributed by atoms with Crippen LogP contribution in [-0.4, -0.2) is 30.9 Å². The molecule has 0 saturated heterocycles. The van der Waals surface area contributed by atoms with Crippen LogP contribution in [0.5, 0.6) is 0 Å². The number of hydrogen-bond donors (Lipinski definition) is 0. The summed E-state index contributed by atoms with van der Waals surface area (Å²) in [5, 5.41) is 1.89. The molecule has 0 aliphatic carbocycles. The Morgan fingerprint density at radius 2 is 1.23 bits per heavy atom. The first-order chi connectivity index (χ1) is 14.1. The minimum absolute atomic E-state index is 0.301. The number of hydrogen-bond acceptors (Lipinski definition) is 7. The van der Waals surface area contributed by atoms with Gasteiger partial charge in [-0.2, -0.15) is 0 Å². The van der Waals surface area contributed by atoms with Crippen LogP contribution in [0.4, 0.5) is 0 Å². The smallest absolute Gasteiger partial charge is 0.0988 e. The molecule has 0 spiro atoms. The Labute approximate surface area is 173 Å². The van der Waals surface area contributed by atoms with E-state index in [1.165, 1.54) is 6.07 Å². The fourth-order valence-electron chi connectivity index (χ4n) is 3.50. The van der Waals surface area contributed by atoms with Gasteiger partial charge in [-0.1, -0.05) is 48.5 Å². The van der Waals surface area contributed by atoms with Crippen molar-refractivity contribution in [2.75, 3.05) is 0 Å². The Bertz CT molecular complexity index is 1480. The summed E-state index contributed by atoms with van der Waals surface area (Å²) in [6, 6.07) is 19.0. The van der Waals surface area contributed by atoms with Gasteiger partial charge in [-0.3, -0.25) is 0 Å². The summed E-state index contributed by atoms with van der Waals surface area (Å²) in [5.74, 6) is -1.33. The van der Waals surface area contributed by atoms with Gasteiger partial charge in [0.15, 0.2) is 0 Å². The molecule has 30 heavy (non-hydrogen) atoms. The number of pyridine rings is 1. The second-order valence-corrected chi connectivity index (χ2v) is 9.77. The molecule has 4 aromatic rings. The molecule has 0 fully saturated rings. The highest BCUT2D eigenvalue weighted by molar-refractivity contribution is 7.85. The third-order valence-electron chi connectivity index (χ3n) is 4.66. The maximum atomic E-state index is 11.2. The van der Waals surface area contributed by atoms with Crippen LogP contribution in [0.25, 0.3) is 32.9 Å². The number of aromatic nitrogens is 1. The zero-order valence-electron chi connectivity index (χ0n) is 15.5. The normalized spacial score (nSPS) is 12.5. The molecule has 1 heterocycles. The average Bonchev–Trinajstić information content (AvgIpc) is 2.65. The van der Waals surface area contributed by atoms with Crippen molar-refractivity contribution in [1.29, 1.82) is 0 Å². The van der Waals surface area contributed by atoms with E-state index in [-0.39, 0.29) is 0 Å². The van der Waals surface area contributed by atoms with Gasteiger partial charge in [0, 0.05) is 16.3 Å². The summed E-state index contributed by atoms with van der Waals surface area (Å²) in [6.45, 7) is 0. The van der Waals surface area contributed by atoms with Gasteiger partial charge < -0.3 is 9.11 Å². The topological polar surface area (TPSA) is 127 Å². The molecular formula is C21H15NO6S2-2. The number of fused-ring (bicyclic) bond motifs is 3. The second kappa shape index (κ2) is 7.44. The number of rotatable bonds is 5. The van der Waals surface area contributed by atoms with Crippen molar-refractivity contribution in [2.45, 2.75) is 11.5 Å². The van der Waals surface area contributed by atoms with Gasteiger partial charge in [0.2, 0.25) is 0 Å². The molecule has 0 bridgehead atoms. The molecule has 0 N–H and O–H groups in total. The van der Waals surface area contributed by atoms with Gasteiger partial charge in [-0.05, 0) is 34.7 Å². The third-order valence-corrected chi connectivity index (χ3v) is 6.03. The van der Waals surface area contributed by atoms with E-state index >= 15 is 0 Å². The highest BCUT2D eigenvalue weighted by Crippen LogP contribution is 2.34. The third kappa shape index (κ3) is 4.49. The lowest BCUT2D eigenvalue weighted by Gasteiger charge is -2.14. The molecule has 1 aromatic heterocycles. The summed E-state index contributed by atoms with van der Waals surface area (Å²) in [7, 11) is -8.95. The number of benzene rings is 3. The highest BCUT2D eigenvalue weighted by atomic mass is 32.2. The first-order valence-corrected chi connectivity index (χ1v) is 12.0. The van der Waals surface area contributed by atoms with Crippen molar-refractivity contribution < 1.29 is 25.9 Å². The molecule has 0 radical (unpaired) electrons. The molecule has 9 heteroatoms. The quantitative estimate of drug-likeness (QED) is 0.344. The van der Waals surface area contributed by atoms with E-state index in [1.54, 1.807) is 30.3 Å². The van der Waals surface area contributed by atoms with E-state index in [1.807, 2.05) is 30.3 Å². The summed E-state index contributed by atoms with van der Waals surface area (Å²) in [4.78, 5) is 4.71. The molecule has 0 amide bonds. The van der Waals surface area contributed by atoms with Crippen LogP contribution < -0.4 is 0 Å². The fourth-order valence-corrected chi connectivity index (χ4v) is 4.68. The van der Waals surface area contributed by atoms with Crippen molar-refractivity contribution in [3.05, 3.63) is 77.9 Å². The zero-order valence-corrected chi connectivity index (χ0v) is 17.1. The van der Waals surface area contributed by atoms with Crippen LogP contribution in [-0.2, 0) is 31.7 Å². The average molecular weight is 441 g/mol. The monoisotopic (exact) mass is 441 g/mol. The van der Waals surface area contributed by atoms with E-state index in [4.69, 9.17) is 4.98 Å². The maximum absolute atomic E-state index is 11.2. The van der Waals surface area contributed by atoms with E-state index in [0.29, 0.717) is 38.5 Å². The van der Waals surface area contributed by atoms with Gasteiger partial charge in [-0.15, -0.1) is 0 Å². The first-order valence-electron chi connectivity index (χ1n) is 8.87. The molecule has 3 aromatic carbocycles. The molecule has 0 unspecified atom stereocenters. The van der Waals surface area contributed by atoms with Crippen molar-refractivity contribution in [2.24, 2.45) is 0 Å². The van der Waals surface area contributed by atoms with E-state index < -0.39 is 31.7 Å². The lowest BCUT2D eigenvalue weighted by molar-refractivity contribution is 0.459. The Balaban J connectivity index is 2.04. The zero-order chi connectivity index (χ0) is 21.5. The Morgan fingerprint density at radius 1 is 0.667 bits per heavy atom. The minimum Gasteiger partial charge on any atom is -0.748 e. The van der Waals surface area contributed by atoms with Crippen LogP contribution in [0.2, 0.25) is 0 Å². The van der Waals surface area contributed by atoms with Crippen LogP contribution in [0.15, 0.2) is 66.7 Å². The van der Waals surface area contributed by atoms with Crippen LogP contribution in [0.3, 0.4) is 0 Å². The molecule has 4 rings (SSSR count). The predicted octanol–water partition coefficient (Wildman–Crippen LogP) is 3.15. The first kappa shape index (κ1) is 20.4. The molecule has 154 valence electrons. The molecule has 7 nitrogen and oxygen atoms in total. The van der Waals surface area contributed by atoms with Gasteiger partial charge in [0.25, 0.3) is 0 Å². The Hall–Kier alpha value is -2.85. The lowest BCUT2D eigenvalue weighted by atomic mass is 9.98. The van der Waals surface area contributed by atoms with Crippen molar-refractivity contribution in [3.63, 3.8) is 0 Å². The van der Waals surface area contributed by atoms with E-state index in [0.717, 1.165) is 5.56 Å². The predicted molar refractivity (Wildman–Crippen MR) is 111 cm³/mol. The van der Waals surface area contributed by atoms with Crippen molar-refractivity contribution in [1.82, 2.24) is 4.98 Å². The van der Waals surface area contributed by atoms with Gasteiger partial charge in [0.1, 0.15) is 0 Å². The molecule has 0 atom stereocenters. The van der Waals surface area contributed by atoms with Crippen molar-refractivity contribution in [3.8, 4) is 11.3 Å². The second-order valence-electron chi connectivity index (χ2n) is 6.96. The molecule has 0 aliphatic heterocycles. The summed E-state index contributed by atoms with van der Waals surface area (Å²) in [5.41, 5.74) is 2.68. The molecule has 0 saturated carbocycles. The molecule has 0 aliphatic rings. The molecular weight excluding hydrogens is 426 g/mol. The van der Waals surface area contributed by atoms with E-state index in [2.05, 4.69) is 0 Å². The summed E-state index contributed by atoms with van der Waals surface area (Å²) in [6.07, 6.45) is 0. The van der Waals surface area contributed by atoms with Crippen LogP contribution in [0.1, 0.15) is 11.1 Å². The van der Waals surface area contributed by atoms with Gasteiger partial charge in [0.05, 0.1) is 43.0 Å². The largest absolute Gasteiger partial charge is 0.748 e. The van der Waals surface area contributed by atoms with Crippen molar-refractivity contribution >= 4 is 41.9 Å². The Kier molecular flexibility index (Phi) is 5.07. The van der Waals surface area contributed by atoms with Crippen LogP contribution in [0, 0.1) is 0 Å². The Morgan fingerprint density at radius 3 is 1.83 bits per heavy atom.